The van der Waals surface area contributed by atoms with Gasteiger partial charge in [-0.05, 0) is 43.4 Å². The lowest BCUT2D eigenvalue weighted by Gasteiger charge is -2.33. The van der Waals surface area contributed by atoms with E-state index in [0.717, 1.165) is 12.8 Å². The molecule has 1 fully saturated rings. The smallest absolute Gasteiger partial charge is 0.253 e. The first-order chi connectivity index (χ1) is 12.8. The van der Waals surface area contributed by atoms with Gasteiger partial charge in [0.2, 0.25) is 5.91 Å². The van der Waals surface area contributed by atoms with Gasteiger partial charge in [-0.25, -0.2) is 0 Å². The molecule has 2 amide bonds. The van der Waals surface area contributed by atoms with Gasteiger partial charge in [0.25, 0.3) is 5.91 Å². The van der Waals surface area contributed by atoms with Crippen molar-refractivity contribution in [1.82, 2.24) is 10.2 Å². The predicted molar refractivity (Wildman–Crippen MR) is 111 cm³/mol. The summed E-state index contributed by atoms with van der Waals surface area (Å²) in [4.78, 5) is 26.7. The molecule has 1 aromatic rings. The predicted octanol–water partition coefficient (Wildman–Crippen LogP) is 2.22. The highest BCUT2D eigenvalue weighted by Crippen LogP contribution is 2.28. The summed E-state index contributed by atoms with van der Waals surface area (Å²) in [5.41, 5.74) is 6.50. The topological polar surface area (TPSA) is 93.9 Å². The quantitative estimate of drug-likeness (QED) is 0.714. The maximum absolute atomic E-state index is 12.7. The van der Waals surface area contributed by atoms with Crippen LogP contribution < -0.4 is 20.5 Å². The zero-order valence-electron chi connectivity index (χ0n) is 17.1. The first-order valence-corrected chi connectivity index (χ1v) is 9.43. The number of carbonyl (C=O) groups is 2. The van der Waals surface area contributed by atoms with Crippen molar-refractivity contribution in [1.29, 1.82) is 0 Å². The van der Waals surface area contributed by atoms with Crippen molar-refractivity contribution >= 4 is 24.2 Å². The van der Waals surface area contributed by atoms with Gasteiger partial charge in [0, 0.05) is 24.7 Å². The Kier molecular flexibility index (Phi) is 9.55. The van der Waals surface area contributed by atoms with Crippen LogP contribution >= 0.6 is 12.4 Å². The number of amides is 2. The van der Waals surface area contributed by atoms with E-state index in [1.54, 1.807) is 37.3 Å². The van der Waals surface area contributed by atoms with E-state index in [1.807, 2.05) is 13.8 Å². The maximum Gasteiger partial charge on any atom is 0.253 e. The van der Waals surface area contributed by atoms with Crippen molar-refractivity contribution in [2.75, 3.05) is 27.3 Å². The van der Waals surface area contributed by atoms with Gasteiger partial charge in [0.05, 0.1) is 20.3 Å². The number of nitrogens with zero attached hydrogens (tertiary/aromatic N) is 1. The van der Waals surface area contributed by atoms with Gasteiger partial charge in [-0.2, -0.15) is 0 Å². The van der Waals surface area contributed by atoms with Crippen LogP contribution in [-0.4, -0.2) is 56.1 Å². The number of likely N-dealkylation sites (tertiary alicyclic amines) is 1. The fraction of sp³-hybridized carbons (Fsp3) is 0.600. The van der Waals surface area contributed by atoms with Gasteiger partial charge in [0.15, 0.2) is 11.5 Å². The first-order valence-electron chi connectivity index (χ1n) is 9.43. The highest BCUT2D eigenvalue weighted by atomic mass is 35.5. The van der Waals surface area contributed by atoms with Gasteiger partial charge in [0.1, 0.15) is 0 Å². The Morgan fingerprint density at radius 3 is 2.32 bits per heavy atom. The number of piperidine rings is 1. The molecule has 8 heteroatoms. The van der Waals surface area contributed by atoms with E-state index in [-0.39, 0.29) is 30.3 Å². The van der Waals surface area contributed by atoms with E-state index in [9.17, 15) is 9.59 Å². The molecule has 1 aliphatic heterocycles. The standard InChI is InChI=1S/C20H31N3O4.ClH/c1-13(2)11-16(21)19(24)22-15-7-9-23(10-8-15)20(25)14-5-6-17(26-3)18(12-14)27-4;/h5-6,12-13,15-16H,7-11,21H2,1-4H3,(H,22,24);1H/t16-;/m0./s1. The number of nitrogens with one attached hydrogen (secondary N) is 1. The summed E-state index contributed by atoms with van der Waals surface area (Å²) < 4.78 is 10.5. The number of ether oxygens (including phenoxy) is 2. The summed E-state index contributed by atoms with van der Waals surface area (Å²) in [7, 11) is 3.11. The minimum Gasteiger partial charge on any atom is -0.493 e. The Morgan fingerprint density at radius 2 is 1.79 bits per heavy atom. The minimum atomic E-state index is -0.476. The number of halogens is 1. The fourth-order valence-electron chi connectivity index (χ4n) is 3.30. The summed E-state index contributed by atoms with van der Waals surface area (Å²) in [6, 6.07) is 4.75. The second-order valence-corrected chi connectivity index (χ2v) is 7.38. The molecular formula is C20H32ClN3O4. The van der Waals surface area contributed by atoms with Crippen LogP contribution in [0.5, 0.6) is 11.5 Å². The zero-order chi connectivity index (χ0) is 20.0. The van der Waals surface area contributed by atoms with Crippen molar-refractivity contribution in [2.45, 2.75) is 45.2 Å². The summed E-state index contributed by atoms with van der Waals surface area (Å²) in [6.45, 7) is 5.28. The lowest BCUT2D eigenvalue weighted by molar-refractivity contribution is -0.123. The fourth-order valence-corrected chi connectivity index (χ4v) is 3.30. The molecule has 1 heterocycles. The third kappa shape index (κ3) is 6.27. The van der Waals surface area contributed by atoms with Gasteiger partial charge in [-0.1, -0.05) is 13.8 Å². The first kappa shape index (κ1) is 24.0. The zero-order valence-corrected chi connectivity index (χ0v) is 17.9. The summed E-state index contributed by atoms with van der Waals surface area (Å²) in [6.07, 6.45) is 2.11. The molecule has 1 aliphatic rings. The largest absolute Gasteiger partial charge is 0.493 e. The van der Waals surface area contributed by atoms with E-state index in [1.165, 1.54) is 0 Å². The molecule has 1 aromatic carbocycles. The summed E-state index contributed by atoms with van der Waals surface area (Å²) in [5, 5.41) is 3.02. The normalized spacial score (nSPS) is 15.6. The Balaban J connectivity index is 0.00000392. The van der Waals surface area contributed by atoms with Gasteiger partial charge in [-0.15, -0.1) is 12.4 Å². The number of nitrogens with two attached hydrogens (primary N) is 1. The van der Waals surface area contributed by atoms with Crippen molar-refractivity contribution < 1.29 is 19.1 Å². The van der Waals surface area contributed by atoms with Gasteiger partial charge < -0.3 is 25.4 Å². The van der Waals surface area contributed by atoms with E-state index in [0.29, 0.717) is 42.5 Å². The molecule has 28 heavy (non-hydrogen) atoms. The molecule has 158 valence electrons. The number of methoxy groups -OCH3 is 2. The Hall–Kier alpha value is -1.99. The molecule has 0 unspecified atom stereocenters. The number of hydrogen-bond donors (Lipinski definition) is 2. The molecule has 2 rings (SSSR count). The van der Waals surface area contributed by atoms with Crippen LogP contribution in [0.3, 0.4) is 0 Å². The lowest BCUT2D eigenvalue weighted by atomic mass is 10.0. The van der Waals surface area contributed by atoms with E-state index in [4.69, 9.17) is 15.2 Å². The third-order valence-corrected chi connectivity index (χ3v) is 4.82. The minimum absolute atomic E-state index is 0. The molecule has 0 saturated carbocycles. The van der Waals surface area contributed by atoms with Crippen LogP contribution in [0.15, 0.2) is 18.2 Å². The second kappa shape index (κ2) is 11.1. The van der Waals surface area contributed by atoms with Crippen LogP contribution in [-0.2, 0) is 4.79 Å². The van der Waals surface area contributed by atoms with E-state index >= 15 is 0 Å². The van der Waals surface area contributed by atoms with Crippen molar-refractivity contribution in [3.63, 3.8) is 0 Å². The number of rotatable bonds is 7. The van der Waals surface area contributed by atoms with Crippen LogP contribution in [0.2, 0.25) is 0 Å². The van der Waals surface area contributed by atoms with Crippen molar-refractivity contribution in [2.24, 2.45) is 11.7 Å². The lowest BCUT2D eigenvalue weighted by Crippen LogP contribution is -2.50. The molecule has 0 spiro atoms. The SMILES string of the molecule is COc1ccc(C(=O)N2CCC(NC(=O)[C@@H](N)CC(C)C)CC2)cc1OC.Cl. The molecule has 1 saturated heterocycles. The number of hydrogen-bond acceptors (Lipinski definition) is 5. The second-order valence-electron chi connectivity index (χ2n) is 7.38. The summed E-state index contributed by atoms with van der Waals surface area (Å²) >= 11 is 0. The Morgan fingerprint density at radius 1 is 1.18 bits per heavy atom. The number of carbonyl (C=O) groups excluding carboxylic acids is 2. The molecule has 0 radical (unpaired) electrons. The van der Waals surface area contributed by atoms with Crippen molar-refractivity contribution in [3.8, 4) is 11.5 Å². The molecule has 7 nitrogen and oxygen atoms in total. The monoisotopic (exact) mass is 413 g/mol. The molecular weight excluding hydrogens is 382 g/mol. The van der Waals surface area contributed by atoms with Crippen LogP contribution in [0.25, 0.3) is 0 Å². The average Bonchev–Trinajstić information content (AvgIpc) is 2.66. The highest BCUT2D eigenvalue weighted by Gasteiger charge is 2.26. The molecule has 0 aromatic heterocycles. The molecule has 3 N–H and O–H groups in total. The molecule has 1 atom stereocenters. The van der Waals surface area contributed by atoms with Gasteiger partial charge >= 0.3 is 0 Å². The van der Waals surface area contributed by atoms with Crippen LogP contribution in [0, 0.1) is 5.92 Å². The Bertz CT molecular complexity index is 661. The van der Waals surface area contributed by atoms with E-state index < -0.39 is 6.04 Å². The Labute approximate surface area is 173 Å². The highest BCUT2D eigenvalue weighted by molar-refractivity contribution is 5.95. The van der Waals surface area contributed by atoms with E-state index in [2.05, 4.69) is 5.32 Å². The molecule has 0 aliphatic carbocycles. The van der Waals surface area contributed by atoms with Crippen LogP contribution in [0.4, 0.5) is 0 Å². The number of benzene rings is 1. The maximum atomic E-state index is 12.7. The van der Waals surface area contributed by atoms with Crippen LogP contribution in [0.1, 0.15) is 43.5 Å². The van der Waals surface area contributed by atoms with Gasteiger partial charge in [-0.3, -0.25) is 9.59 Å². The summed E-state index contributed by atoms with van der Waals surface area (Å²) in [5.74, 6) is 1.36. The molecule has 0 bridgehead atoms. The van der Waals surface area contributed by atoms with Crippen molar-refractivity contribution in [3.05, 3.63) is 23.8 Å². The average molecular weight is 414 g/mol. The third-order valence-electron chi connectivity index (χ3n) is 4.82.